The third-order valence-electron chi connectivity index (χ3n) is 7.53. The summed E-state index contributed by atoms with van der Waals surface area (Å²) in [6, 6.07) is 3.71. The number of nitrogen functional groups attached to an aromatic ring is 1. The molecule has 1 aliphatic heterocycles. The number of nitrogens with one attached hydrogen (secondary N) is 1. The highest BCUT2D eigenvalue weighted by molar-refractivity contribution is 6.12. The Labute approximate surface area is 212 Å². The number of imide groups is 1. The van der Waals surface area contributed by atoms with Gasteiger partial charge in [0.25, 0.3) is 5.91 Å². The molecule has 0 spiro atoms. The summed E-state index contributed by atoms with van der Waals surface area (Å²) in [6.07, 6.45) is 9.26. The zero-order chi connectivity index (χ0) is 26.0. The molecule has 0 aromatic carbocycles. The smallest absolute Gasteiger partial charge is 0.325 e. The molecule has 2 aromatic rings. The molecule has 2 aromatic heterocycles. The minimum Gasteiger partial charge on any atom is -0.384 e. The number of hydrogen-bond donors (Lipinski definition) is 2. The average molecular weight is 496 g/mol. The van der Waals surface area contributed by atoms with Gasteiger partial charge in [-0.05, 0) is 48.8 Å². The maximum Gasteiger partial charge on any atom is 0.325 e. The van der Waals surface area contributed by atoms with Gasteiger partial charge in [-0.1, -0.05) is 33.1 Å². The first-order valence-electron chi connectivity index (χ1n) is 12.8. The van der Waals surface area contributed by atoms with Gasteiger partial charge in [0.1, 0.15) is 11.9 Å². The van der Waals surface area contributed by atoms with Gasteiger partial charge < -0.3 is 11.1 Å². The average Bonchev–Trinajstić information content (AvgIpc) is 3.29. The van der Waals surface area contributed by atoms with Crippen molar-refractivity contribution in [3.8, 4) is 0 Å². The molecule has 0 radical (unpaired) electrons. The predicted octanol–water partition coefficient (Wildman–Crippen LogP) is 2.74. The van der Waals surface area contributed by atoms with Crippen molar-refractivity contribution in [2.75, 3.05) is 17.7 Å². The number of urea groups is 1. The number of pyridine rings is 1. The van der Waals surface area contributed by atoms with E-state index in [9.17, 15) is 14.4 Å². The second-order valence-electron chi connectivity index (χ2n) is 10.4. The molecule has 3 heterocycles. The Kier molecular flexibility index (Phi) is 7.61. The van der Waals surface area contributed by atoms with Crippen molar-refractivity contribution in [2.24, 2.45) is 24.8 Å². The molecule has 3 atom stereocenters. The number of β-lactam (4-membered cyclic amide) rings is 1. The Bertz CT molecular complexity index is 1110. The number of hydrogen-bond acceptors (Lipinski definition) is 6. The van der Waals surface area contributed by atoms with Gasteiger partial charge in [0.15, 0.2) is 5.82 Å². The molecule has 0 bridgehead atoms. The predicted molar refractivity (Wildman–Crippen MR) is 137 cm³/mol. The third kappa shape index (κ3) is 5.22. The standard InChI is InChI=1S/C26H37N7O3/c1-16(2)22(18-8-6-5-7-9-18)29-26(36)33-23(25(35)32(4)21-11-13-31(3)30-21)19(24(33)34)14-17-10-12-28-20(27)15-17/h10-13,15-16,18-19,22-23H,5-9,14H2,1-4H3,(H2,27,28)(H,29,36)/t19-,22?,23+/m1/s1. The van der Waals surface area contributed by atoms with Crippen LogP contribution in [0.2, 0.25) is 0 Å². The molecule has 10 nitrogen and oxygen atoms in total. The number of carbonyl (C=O) groups excluding carboxylic acids is 3. The molecule has 194 valence electrons. The Morgan fingerprint density at radius 3 is 2.56 bits per heavy atom. The highest BCUT2D eigenvalue weighted by atomic mass is 16.2. The van der Waals surface area contributed by atoms with E-state index in [-0.39, 0.29) is 30.2 Å². The fourth-order valence-corrected chi connectivity index (χ4v) is 5.56. The summed E-state index contributed by atoms with van der Waals surface area (Å²) in [6.45, 7) is 4.18. The number of aromatic nitrogens is 3. The van der Waals surface area contributed by atoms with Crippen molar-refractivity contribution in [1.29, 1.82) is 0 Å². The SMILES string of the molecule is CC(C)C(NC(=O)N1C(=O)[C@H](Cc2ccnc(N)c2)[C@H]1C(=O)N(C)c1ccn(C)n1)C1CCCCC1. The Balaban J connectivity index is 1.57. The number of carbonyl (C=O) groups is 3. The van der Waals surface area contributed by atoms with Crippen molar-refractivity contribution in [3.05, 3.63) is 36.2 Å². The number of anilines is 2. The number of aryl methyl sites for hydroxylation is 1. The van der Waals surface area contributed by atoms with E-state index >= 15 is 0 Å². The second kappa shape index (κ2) is 10.7. The monoisotopic (exact) mass is 495 g/mol. The Morgan fingerprint density at radius 1 is 1.22 bits per heavy atom. The first kappa shape index (κ1) is 25.7. The Morgan fingerprint density at radius 2 is 1.94 bits per heavy atom. The molecule has 1 aliphatic carbocycles. The number of amides is 4. The highest BCUT2D eigenvalue weighted by Gasteiger charge is 2.55. The summed E-state index contributed by atoms with van der Waals surface area (Å²) < 4.78 is 1.60. The second-order valence-corrected chi connectivity index (χ2v) is 10.4. The number of likely N-dealkylation sites (N-methyl/N-ethyl adjacent to an activating group) is 1. The van der Waals surface area contributed by atoms with E-state index in [1.807, 2.05) is 0 Å². The summed E-state index contributed by atoms with van der Waals surface area (Å²) in [5.41, 5.74) is 6.62. The fourth-order valence-electron chi connectivity index (χ4n) is 5.56. The van der Waals surface area contributed by atoms with Crippen LogP contribution in [-0.2, 0) is 23.1 Å². The zero-order valence-corrected chi connectivity index (χ0v) is 21.6. The lowest BCUT2D eigenvalue weighted by atomic mass is 9.79. The van der Waals surface area contributed by atoms with E-state index in [2.05, 4.69) is 29.2 Å². The topological polar surface area (TPSA) is 126 Å². The van der Waals surface area contributed by atoms with E-state index in [4.69, 9.17) is 5.73 Å². The van der Waals surface area contributed by atoms with Crippen LogP contribution < -0.4 is 16.0 Å². The van der Waals surface area contributed by atoms with Gasteiger partial charge >= 0.3 is 6.03 Å². The van der Waals surface area contributed by atoms with E-state index in [0.717, 1.165) is 36.1 Å². The molecule has 4 rings (SSSR count). The number of nitrogens with zero attached hydrogens (tertiary/aromatic N) is 5. The van der Waals surface area contributed by atoms with Crippen LogP contribution in [0.3, 0.4) is 0 Å². The normalized spacial score (nSPS) is 21.2. The number of likely N-dealkylation sites (tertiary alicyclic amines) is 1. The van der Waals surface area contributed by atoms with Crippen molar-refractivity contribution in [1.82, 2.24) is 25.0 Å². The van der Waals surface area contributed by atoms with Crippen LogP contribution >= 0.6 is 0 Å². The summed E-state index contributed by atoms with van der Waals surface area (Å²) in [5, 5.41) is 7.43. The number of nitrogens with two attached hydrogens (primary N) is 1. The summed E-state index contributed by atoms with van der Waals surface area (Å²) >= 11 is 0. The van der Waals surface area contributed by atoms with Gasteiger partial charge in [-0.2, -0.15) is 5.10 Å². The molecule has 1 unspecified atom stereocenters. The van der Waals surface area contributed by atoms with Gasteiger partial charge in [0.05, 0.1) is 5.92 Å². The molecule has 1 saturated heterocycles. The lowest BCUT2D eigenvalue weighted by Gasteiger charge is -2.46. The largest absolute Gasteiger partial charge is 0.384 e. The molecule has 4 amide bonds. The van der Waals surface area contributed by atoms with Gasteiger partial charge in [-0.25, -0.2) is 9.78 Å². The molecule has 1 saturated carbocycles. The molecule has 36 heavy (non-hydrogen) atoms. The first-order chi connectivity index (χ1) is 17.2. The third-order valence-corrected chi connectivity index (χ3v) is 7.53. The van der Waals surface area contributed by atoms with Crippen LogP contribution in [0.4, 0.5) is 16.4 Å². The first-order valence-corrected chi connectivity index (χ1v) is 12.8. The zero-order valence-electron chi connectivity index (χ0n) is 21.6. The van der Waals surface area contributed by atoms with Crippen LogP contribution in [0.1, 0.15) is 51.5 Å². The molecule has 2 fully saturated rings. The van der Waals surface area contributed by atoms with Gasteiger partial charge in [-0.15, -0.1) is 0 Å². The van der Waals surface area contributed by atoms with Gasteiger partial charge in [0, 0.05) is 38.6 Å². The lowest BCUT2D eigenvalue weighted by molar-refractivity contribution is -0.156. The van der Waals surface area contributed by atoms with Crippen molar-refractivity contribution in [2.45, 2.75) is 64.5 Å². The van der Waals surface area contributed by atoms with Crippen LogP contribution in [0.25, 0.3) is 0 Å². The summed E-state index contributed by atoms with van der Waals surface area (Å²) in [5.74, 6) is -0.000185. The van der Waals surface area contributed by atoms with Crippen LogP contribution in [0, 0.1) is 17.8 Å². The maximum absolute atomic E-state index is 13.7. The van der Waals surface area contributed by atoms with Crippen molar-refractivity contribution in [3.63, 3.8) is 0 Å². The van der Waals surface area contributed by atoms with Crippen LogP contribution in [0.5, 0.6) is 0 Å². The quantitative estimate of drug-likeness (QED) is 0.569. The molecule has 2 aliphatic rings. The summed E-state index contributed by atoms with van der Waals surface area (Å²) in [7, 11) is 3.38. The highest BCUT2D eigenvalue weighted by Crippen LogP contribution is 2.34. The van der Waals surface area contributed by atoms with Crippen LogP contribution in [0.15, 0.2) is 30.6 Å². The Hall–Kier alpha value is -3.43. The molecule has 10 heteroatoms. The minimum absolute atomic E-state index is 0.0473. The van der Waals surface area contributed by atoms with Gasteiger partial charge in [0.2, 0.25) is 5.91 Å². The maximum atomic E-state index is 13.7. The molecular formula is C26H37N7O3. The number of rotatable bonds is 7. The van der Waals surface area contributed by atoms with E-state index < -0.39 is 18.0 Å². The fraction of sp³-hybridized carbons (Fsp3) is 0.577. The van der Waals surface area contributed by atoms with E-state index in [0.29, 0.717) is 17.6 Å². The lowest BCUT2D eigenvalue weighted by Crippen LogP contribution is -2.71. The van der Waals surface area contributed by atoms with Crippen molar-refractivity contribution < 1.29 is 14.4 Å². The minimum atomic E-state index is -0.932. The van der Waals surface area contributed by atoms with Crippen LogP contribution in [-0.4, -0.2) is 56.6 Å². The van der Waals surface area contributed by atoms with E-state index in [1.165, 1.54) is 11.3 Å². The summed E-state index contributed by atoms with van der Waals surface area (Å²) in [4.78, 5) is 47.0. The van der Waals surface area contributed by atoms with E-state index in [1.54, 1.807) is 49.4 Å². The molecule has 3 N–H and O–H groups in total. The van der Waals surface area contributed by atoms with Crippen molar-refractivity contribution >= 4 is 29.5 Å². The molecular weight excluding hydrogens is 458 g/mol. The van der Waals surface area contributed by atoms with Gasteiger partial charge in [-0.3, -0.25) is 24.1 Å².